The second-order valence-corrected chi connectivity index (χ2v) is 6.76. The van der Waals surface area contributed by atoms with E-state index < -0.39 is 0 Å². The maximum Gasteiger partial charge on any atom is 0.328 e. The zero-order chi connectivity index (χ0) is 19.4. The first-order chi connectivity index (χ1) is 13.0. The summed E-state index contributed by atoms with van der Waals surface area (Å²) in [4.78, 5) is 40.3. The zero-order valence-corrected chi connectivity index (χ0v) is 15.9. The van der Waals surface area contributed by atoms with Crippen LogP contribution in [0.3, 0.4) is 0 Å². The number of carbonyl (C=O) groups excluding carboxylic acids is 2. The lowest BCUT2D eigenvalue weighted by molar-refractivity contribution is -0.142. The van der Waals surface area contributed by atoms with Gasteiger partial charge in [-0.15, -0.1) is 11.3 Å². The van der Waals surface area contributed by atoms with Crippen molar-refractivity contribution in [1.82, 2.24) is 14.1 Å². The molecule has 0 saturated heterocycles. The Hall–Kier alpha value is -2.94. The molecule has 0 saturated carbocycles. The van der Waals surface area contributed by atoms with Crippen LogP contribution >= 0.6 is 11.3 Å². The summed E-state index contributed by atoms with van der Waals surface area (Å²) >= 11 is 1.25. The van der Waals surface area contributed by atoms with Crippen molar-refractivity contribution in [1.29, 1.82) is 0 Å². The average molecular weight is 388 g/mol. The van der Waals surface area contributed by atoms with Crippen molar-refractivity contribution in [2.24, 2.45) is 7.05 Å². The van der Waals surface area contributed by atoms with Gasteiger partial charge in [0.05, 0.1) is 29.8 Å². The second-order valence-electron chi connectivity index (χ2n) is 5.91. The van der Waals surface area contributed by atoms with E-state index in [0.29, 0.717) is 17.4 Å². The van der Waals surface area contributed by atoms with Gasteiger partial charge in [0, 0.05) is 25.4 Å². The lowest BCUT2D eigenvalue weighted by Crippen LogP contribution is -2.24. The first kappa shape index (κ1) is 18.8. The van der Waals surface area contributed by atoms with Crippen molar-refractivity contribution in [2.45, 2.75) is 26.3 Å². The molecule has 2 aromatic heterocycles. The van der Waals surface area contributed by atoms with Crippen molar-refractivity contribution < 1.29 is 14.3 Å². The van der Waals surface area contributed by atoms with Gasteiger partial charge in [-0.05, 0) is 19.1 Å². The van der Waals surface area contributed by atoms with E-state index in [1.807, 2.05) is 24.3 Å². The van der Waals surface area contributed by atoms with Crippen LogP contribution < -0.4 is 11.0 Å². The Morgan fingerprint density at radius 2 is 2.00 bits per heavy atom. The molecule has 0 bridgehead atoms. The van der Waals surface area contributed by atoms with Gasteiger partial charge in [-0.25, -0.2) is 9.78 Å². The number of amides is 1. The lowest BCUT2D eigenvalue weighted by atomic mass is 10.3. The molecule has 1 N–H and O–H groups in total. The van der Waals surface area contributed by atoms with Gasteiger partial charge in [-0.3, -0.25) is 18.7 Å². The number of nitrogens with zero attached hydrogens (tertiary/aromatic N) is 3. The number of carbonyl (C=O) groups is 2. The summed E-state index contributed by atoms with van der Waals surface area (Å²) in [5.74, 6) is -0.595. The summed E-state index contributed by atoms with van der Waals surface area (Å²) in [5.41, 5.74) is 2.02. The number of esters is 1. The Bertz CT molecular complexity index is 1030. The average Bonchev–Trinajstić information content (AvgIpc) is 3.17. The minimum absolute atomic E-state index is 0.0750. The fourth-order valence-electron chi connectivity index (χ4n) is 2.78. The molecule has 3 rings (SSSR count). The molecule has 0 aliphatic carbocycles. The van der Waals surface area contributed by atoms with E-state index in [1.165, 1.54) is 11.3 Å². The zero-order valence-electron chi connectivity index (χ0n) is 15.1. The Morgan fingerprint density at radius 3 is 2.74 bits per heavy atom. The number of imidazole rings is 1. The topological polar surface area (TPSA) is 95.2 Å². The number of hydrogen-bond acceptors (Lipinski definition) is 6. The fraction of sp³-hybridized carbons (Fsp3) is 0.333. The summed E-state index contributed by atoms with van der Waals surface area (Å²) in [6, 6.07) is 7.46. The molecule has 9 heteroatoms. The summed E-state index contributed by atoms with van der Waals surface area (Å²) < 4.78 is 8.03. The van der Waals surface area contributed by atoms with Crippen LogP contribution in [0.15, 0.2) is 34.4 Å². The largest absolute Gasteiger partial charge is 0.466 e. The van der Waals surface area contributed by atoms with Crippen LogP contribution in [-0.2, 0) is 34.3 Å². The van der Waals surface area contributed by atoms with Crippen LogP contribution in [0.5, 0.6) is 0 Å². The maximum atomic E-state index is 12.4. The molecule has 27 heavy (non-hydrogen) atoms. The molecule has 0 atom stereocenters. The van der Waals surface area contributed by atoms with Gasteiger partial charge in [-0.1, -0.05) is 12.1 Å². The van der Waals surface area contributed by atoms with E-state index in [2.05, 4.69) is 10.3 Å². The number of anilines is 1. The van der Waals surface area contributed by atoms with Crippen molar-refractivity contribution in [2.75, 3.05) is 11.9 Å². The fourth-order valence-corrected chi connectivity index (χ4v) is 3.51. The van der Waals surface area contributed by atoms with E-state index in [9.17, 15) is 14.4 Å². The number of ether oxygens (including phenoxy) is 1. The monoisotopic (exact) mass is 388 g/mol. The molecule has 1 aromatic carbocycles. The predicted molar refractivity (Wildman–Crippen MR) is 103 cm³/mol. The molecular weight excluding hydrogens is 368 g/mol. The quantitative estimate of drug-likeness (QED) is 0.624. The number of fused-ring (bicyclic) bond motifs is 1. The first-order valence-electron chi connectivity index (χ1n) is 8.53. The van der Waals surface area contributed by atoms with E-state index in [4.69, 9.17) is 4.74 Å². The van der Waals surface area contributed by atoms with Crippen LogP contribution in [0.2, 0.25) is 0 Å². The summed E-state index contributed by atoms with van der Waals surface area (Å²) in [6.07, 6.45) is 0.215. The molecule has 1 amide bonds. The third-order valence-electron chi connectivity index (χ3n) is 4.04. The number of nitrogens with one attached hydrogen (secondary N) is 1. The molecule has 3 aromatic rings. The number of para-hydroxylation sites is 2. The van der Waals surface area contributed by atoms with Gasteiger partial charge in [0.15, 0.2) is 5.13 Å². The van der Waals surface area contributed by atoms with Crippen molar-refractivity contribution in [3.8, 4) is 0 Å². The van der Waals surface area contributed by atoms with E-state index >= 15 is 0 Å². The van der Waals surface area contributed by atoms with Gasteiger partial charge in [0.25, 0.3) is 0 Å². The van der Waals surface area contributed by atoms with Crippen LogP contribution in [0, 0.1) is 0 Å². The van der Waals surface area contributed by atoms with E-state index in [-0.39, 0.29) is 37.0 Å². The van der Waals surface area contributed by atoms with Crippen LogP contribution in [-0.4, -0.2) is 32.6 Å². The minimum Gasteiger partial charge on any atom is -0.466 e. The van der Waals surface area contributed by atoms with Crippen LogP contribution in [0.4, 0.5) is 5.13 Å². The molecule has 0 spiro atoms. The van der Waals surface area contributed by atoms with Crippen molar-refractivity contribution in [3.05, 3.63) is 45.8 Å². The van der Waals surface area contributed by atoms with Gasteiger partial charge in [0.2, 0.25) is 5.91 Å². The van der Waals surface area contributed by atoms with E-state index in [1.54, 1.807) is 28.5 Å². The van der Waals surface area contributed by atoms with E-state index in [0.717, 1.165) is 11.0 Å². The Balaban J connectivity index is 1.61. The minimum atomic E-state index is -0.351. The van der Waals surface area contributed by atoms with Crippen LogP contribution in [0.25, 0.3) is 11.0 Å². The molecule has 0 aliphatic rings. The molecule has 2 heterocycles. The highest BCUT2D eigenvalue weighted by Gasteiger charge is 2.13. The molecule has 0 unspecified atom stereocenters. The summed E-state index contributed by atoms with van der Waals surface area (Å²) in [5, 5.41) is 4.84. The smallest absolute Gasteiger partial charge is 0.328 e. The molecule has 8 nitrogen and oxygen atoms in total. The standard InChI is InChI=1S/C18H20N4O4S/c1-3-26-16(24)10-12-11-27-17(19-12)20-15(23)8-9-22-14-7-5-4-6-13(14)21(2)18(22)25/h4-7,11H,3,8-10H2,1-2H3,(H,19,20,23). The van der Waals surface area contributed by atoms with Gasteiger partial charge in [0.1, 0.15) is 0 Å². The van der Waals surface area contributed by atoms with Gasteiger partial charge >= 0.3 is 11.7 Å². The summed E-state index contributed by atoms with van der Waals surface area (Å²) in [6.45, 7) is 2.33. The third-order valence-corrected chi connectivity index (χ3v) is 4.85. The predicted octanol–water partition coefficient (Wildman–Crippen LogP) is 1.93. The summed E-state index contributed by atoms with van der Waals surface area (Å²) in [7, 11) is 1.71. The number of rotatable bonds is 7. The highest BCUT2D eigenvalue weighted by molar-refractivity contribution is 7.13. The van der Waals surface area contributed by atoms with Crippen molar-refractivity contribution >= 4 is 39.4 Å². The van der Waals surface area contributed by atoms with Gasteiger partial charge < -0.3 is 10.1 Å². The molecule has 0 fully saturated rings. The Kier molecular flexibility index (Phi) is 5.70. The lowest BCUT2D eigenvalue weighted by Gasteiger charge is -2.04. The Morgan fingerprint density at radius 1 is 1.26 bits per heavy atom. The molecule has 0 aliphatic heterocycles. The highest BCUT2D eigenvalue weighted by atomic mass is 32.1. The number of aromatic nitrogens is 3. The van der Waals surface area contributed by atoms with Crippen molar-refractivity contribution in [3.63, 3.8) is 0 Å². The van der Waals surface area contributed by atoms with Crippen LogP contribution in [0.1, 0.15) is 19.0 Å². The number of thiazole rings is 1. The first-order valence-corrected chi connectivity index (χ1v) is 9.41. The molecule has 142 valence electrons. The third kappa shape index (κ3) is 4.25. The normalized spacial score (nSPS) is 10.9. The molecular formula is C18H20N4O4S. The molecule has 0 radical (unpaired) electrons. The number of benzene rings is 1. The Labute approximate surface area is 159 Å². The number of aryl methyl sites for hydroxylation is 2. The number of hydrogen-bond donors (Lipinski definition) is 1. The second kappa shape index (κ2) is 8.17. The maximum absolute atomic E-state index is 12.4. The SMILES string of the molecule is CCOC(=O)Cc1csc(NC(=O)CCn2c(=O)n(C)c3ccccc32)n1. The highest BCUT2D eigenvalue weighted by Crippen LogP contribution is 2.17. The van der Waals surface area contributed by atoms with Gasteiger partial charge in [-0.2, -0.15) is 0 Å².